The standard InChI is InChI=1S/C31H26N2O3/c34-31(36-19-29-27-11-3-1-9-25(27)26-10-2-4-12-28(26)29)33-22-15-21(16-23(33)18-35-17-22)24-13-5-7-20-8-6-14-32-30(20)24/h1-15,22-23,29H,16-19H2. The summed E-state index contributed by atoms with van der Waals surface area (Å²) in [6.45, 7) is 1.31. The Morgan fingerprint density at radius 3 is 2.39 bits per heavy atom. The Morgan fingerprint density at radius 1 is 0.889 bits per heavy atom. The molecular weight excluding hydrogens is 448 g/mol. The van der Waals surface area contributed by atoms with Gasteiger partial charge in [0, 0.05) is 23.1 Å². The van der Waals surface area contributed by atoms with E-state index in [2.05, 4.69) is 83.9 Å². The van der Waals surface area contributed by atoms with E-state index in [0.29, 0.717) is 19.8 Å². The van der Waals surface area contributed by atoms with Crippen molar-refractivity contribution < 1.29 is 14.3 Å². The molecule has 3 aromatic carbocycles. The number of nitrogens with zero attached hydrogens (tertiary/aromatic N) is 2. The number of carbonyl (C=O) groups excluding carboxylic acids is 1. The Morgan fingerprint density at radius 2 is 1.61 bits per heavy atom. The molecule has 0 saturated carbocycles. The molecule has 7 rings (SSSR count). The lowest BCUT2D eigenvalue weighted by molar-refractivity contribution is -0.0331. The summed E-state index contributed by atoms with van der Waals surface area (Å²) in [6, 6.07) is 26.9. The van der Waals surface area contributed by atoms with Gasteiger partial charge >= 0.3 is 6.09 Å². The smallest absolute Gasteiger partial charge is 0.410 e. The molecule has 5 nitrogen and oxygen atoms in total. The van der Waals surface area contributed by atoms with Gasteiger partial charge in [-0.2, -0.15) is 0 Å². The molecule has 178 valence electrons. The number of pyridine rings is 1. The molecule has 0 radical (unpaired) electrons. The predicted octanol–water partition coefficient (Wildman–Crippen LogP) is 6.04. The maximum Gasteiger partial charge on any atom is 0.410 e. The average Bonchev–Trinajstić information content (AvgIpc) is 3.24. The lowest BCUT2D eigenvalue weighted by Crippen LogP contribution is -2.56. The van der Waals surface area contributed by atoms with Gasteiger partial charge in [0.2, 0.25) is 0 Å². The lowest BCUT2D eigenvalue weighted by Gasteiger charge is -2.44. The number of benzene rings is 3. The van der Waals surface area contributed by atoms with Crippen LogP contribution in [-0.4, -0.2) is 47.9 Å². The van der Waals surface area contributed by atoms with Crippen molar-refractivity contribution in [3.8, 4) is 11.1 Å². The van der Waals surface area contributed by atoms with Crippen LogP contribution in [0.5, 0.6) is 0 Å². The summed E-state index contributed by atoms with van der Waals surface area (Å²) in [7, 11) is 0. The van der Waals surface area contributed by atoms with Crippen molar-refractivity contribution in [3.05, 3.63) is 108 Å². The van der Waals surface area contributed by atoms with Gasteiger partial charge in [0.05, 0.1) is 30.8 Å². The van der Waals surface area contributed by atoms with Crippen LogP contribution in [0.4, 0.5) is 4.79 Å². The molecule has 36 heavy (non-hydrogen) atoms. The molecule has 3 heterocycles. The second kappa shape index (κ2) is 8.61. The monoisotopic (exact) mass is 474 g/mol. The third kappa shape index (κ3) is 3.42. The highest BCUT2D eigenvalue weighted by Crippen LogP contribution is 2.44. The van der Waals surface area contributed by atoms with Gasteiger partial charge in [-0.15, -0.1) is 0 Å². The normalized spacial score (nSPS) is 20.6. The van der Waals surface area contributed by atoms with Crippen molar-refractivity contribution in [2.24, 2.45) is 0 Å². The molecule has 3 aliphatic rings. The molecule has 1 saturated heterocycles. The minimum atomic E-state index is -0.262. The van der Waals surface area contributed by atoms with E-state index in [4.69, 9.17) is 9.47 Å². The van der Waals surface area contributed by atoms with Crippen molar-refractivity contribution in [2.45, 2.75) is 24.4 Å². The van der Waals surface area contributed by atoms with Crippen LogP contribution in [-0.2, 0) is 9.47 Å². The van der Waals surface area contributed by atoms with Gasteiger partial charge in [-0.1, -0.05) is 78.9 Å². The number of para-hydroxylation sites is 1. The van der Waals surface area contributed by atoms with E-state index in [-0.39, 0.29) is 24.1 Å². The Hall–Kier alpha value is -3.96. The number of ether oxygens (including phenoxy) is 2. The molecule has 1 amide bonds. The van der Waals surface area contributed by atoms with E-state index >= 15 is 0 Å². The molecule has 0 N–H and O–H groups in total. The highest BCUT2D eigenvalue weighted by Gasteiger charge is 2.40. The van der Waals surface area contributed by atoms with Gasteiger partial charge < -0.3 is 9.47 Å². The molecule has 2 atom stereocenters. The topological polar surface area (TPSA) is 51.7 Å². The zero-order chi connectivity index (χ0) is 24.1. The van der Waals surface area contributed by atoms with Crippen LogP contribution in [0.25, 0.3) is 27.6 Å². The SMILES string of the molecule is O=C(OCC1c2ccccc2-c2ccccc21)N1C2C=C(c3cccc4cccnc34)CC1COC2. The summed E-state index contributed by atoms with van der Waals surface area (Å²) in [5.41, 5.74) is 8.26. The van der Waals surface area contributed by atoms with E-state index < -0.39 is 0 Å². The molecule has 5 heteroatoms. The Labute approximate surface area is 210 Å². The van der Waals surface area contributed by atoms with Crippen LogP contribution in [0.2, 0.25) is 0 Å². The summed E-state index contributed by atoms with van der Waals surface area (Å²) >= 11 is 0. The number of amides is 1. The third-order valence-electron chi connectivity index (χ3n) is 7.72. The molecule has 4 aromatic rings. The number of hydrogen-bond donors (Lipinski definition) is 0. The number of morpholine rings is 1. The minimum absolute atomic E-state index is 0.0510. The lowest BCUT2D eigenvalue weighted by atomic mass is 9.89. The Kier molecular flexibility index (Phi) is 5.10. The van der Waals surface area contributed by atoms with Crippen LogP contribution in [0.15, 0.2) is 91.1 Å². The second-order valence-corrected chi connectivity index (χ2v) is 9.75. The van der Waals surface area contributed by atoms with Crippen molar-refractivity contribution in [1.82, 2.24) is 9.88 Å². The van der Waals surface area contributed by atoms with Crippen LogP contribution in [0.1, 0.15) is 29.0 Å². The first-order valence-electron chi connectivity index (χ1n) is 12.5. The molecule has 0 spiro atoms. The van der Waals surface area contributed by atoms with Crippen LogP contribution < -0.4 is 0 Å². The first kappa shape index (κ1) is 21.3. The highest BCUT2D eigenvalue weighted by molar-refractivity contribution is 5.91. The fraction of sp³-hybridized carbons (Fsp3) is 0.226. The number of aromatic nitrogens is 1. The summed E-state index contributed by atoms with van der Waals surface area (Å²) in [5.74, 6) is 0.0510. The van der Waals surface area contributed by atoms with Crippen LogP contribution in [0.3, 0.4) is 0 Å². The van der Waals surface area contributed by atoms with Gasteiger partial charge in [-0.05, 0) is 40.3 Å². The quantitative estimate of drug-likeness (QED) is 0.363. The number of rotatable bonds is 3. The van der Waals surface area contributed by atoms with Crippen molar-refractivity contribution in [2.75, 3.05) is 19.8 Å². The van der Waals surface area contributed by atoms with Crippen molar-refractivity contribution in [3.63, 3.8) is 0 Å². The molecule has 1 fully saturated rings. The minimum Gasteiger partial charge on any atom is -0.448 e. The summed E-state index contributed by atoms with van der Waals surface area (Å²) < 4.78 is 11.9. The summed E-state index contributed by atoms with van der Waals surface area (Å²) in [5, 5.41) is 1.12. The zero-order valence-electron chi connectivity index (χ0n) is 19.8. The van der Waals surface area contributed by atoms with Gasteiger partial charge in [0.25, 0.3) is 0 Å². The van der Waals surface area contributed by atoms with E-state index in [9.17, 15) is 4.79 Å². The second-order valence-electron chi connectivity index (χ2n) is 9.75. The molecule has 2 unspecified atom stereocenters. The Bertz CT molecular complexity index is 1460. The van der Waals surface area contributed by atoms with Crippen LogP contribution in [0, 0.1) is 0 Å². The molecule has 2 aliphatic heterocycles. The molecular formula is C31H26N2O3. The van der Waals surface area contributed by atoms with Gasteiger partial charge in [-0.3, -0.25) is 9.88 Å². The summed E-state index contributed by atoms with van der Waals surface area (Å²) in [4.78, 5) is 20.0. The molecule has 1 aliphatic carbocycles. The van der Waals surface area contributed by atoms with Crippen LogP contribution >= 0.6 is 0 Å². The molecule has 1 aromatic heterocycles. The zero-order valence-corrected chi connectivity index (χ0v) is 19.8. The first-order chi connectivity index (χ1) is 17.8. The fourth-order valence-corrected chi connectivity index (χ4v) is 6.11. The Balaban J connectivity index is 1.14. The number of hydrogen-bond acceptors (Lipinski definition) is 4. The van der Waals surface area contributed by atoms with Gasteiger partial charge in [0.1, 0.15) is 6.61 Å². The van der Waals surface area contributed by atoms with E-state index in [1.165, 1.54) is 27.8 Å². The molecule has 2 bridgehead atoms. The highest BCUT2D eigenvalue weighted by atomic mass is 16.6. The maximum absolute atomic E-state index is 13.5. The third-order valence-corrected chi connectivity index (χ3v) is 7.72. The maximum atomic E-state index is 13.5. The van der Waals surface area contributed by atoms with Crippen molar-refractivity contribution in [1.29, 1.82) is 0 Å². The van der Waals surface area contributed by atoms with E-state index in [1.807, 2.05) is 17.2 Å². The van der Waals surface area contributed by atoms with Gasteiger partial charge in [0.15, 0.2) is 0 Å². The average molecular weight is 475 g/mol. The van der Waals surface area contributed by atoms with Gasteiger partial charge in [-0.25, -0.2) is 4.79 Å². The predicted molar refractivity (Wildman–Crippen MR) is 140 cm³/mol. The van der Waals surface area contributed by atoms with E-state index in [1.54, 1.807) is 0 Å². The largest absolute Gasteiger partial charge is 0.448 e. The summed E-state index contributed by atoms with van der Waals surface area (Å²) in [6.07, 6.45) is 4.46. The fourth-order valence-electron chi connectivity index (χ4n) is 6.11. The first-order valence-corrected chi connectivity index (χ1v) is 12.5. The number of carbonyl (C=O) groups is 1. The van der Waals surface area contributed by atoms with Crippen molar-refractivity contribution >= 4 is 22.6 Å². The van der Waals surface area contributed by atoms with E-state index in [0.717, 1.165) is 22.9 Å². The number of fused-ring (bicyclic) bond motifs is 6.